The van der Waals surface area contributed by atoms with Gasteiger partial charge in [0.1, 0.15) is 0 Å². The summed E-state index contributed by atoms with van der Waals surface area (Å²) in [6.45, 7) is 5.71. The van der Waals surface area contributed by atoms with E-state index in [0.29, 0.717) is 11.4 Å². The maximum Gasteiger partial charge on any atom is 0.167 e. The summed E-state index contributed by atoms with van der Waals surface area (Å²) in [4.78, 5) is 0. The molecule has 0 amide bonds. The number of nitrogens with one attached hydrogen (secondary N) is 1. The number of nitrogen functional groups attached to an aromatic ring is 1. The Balaban J connectivity index is 2.31. The number of anilines is 3. The molecule has 0 aliphatic rings. The Morgan fingerprint density at radius 1 is 1.20 bits per heavy atom. The summed E-state index contributed by atoms with van der Waals surface area (Å²) in [7, 11) is 0. The van der Waals surface area contributed by atoms with Gasteiger partial charge in [-0.2, -0.15) is 0 Å². The van der Waals surface area contributed by atoms with Gasteiger partial charge in [-0.15, -0.1) is 0 Å². The molecular weight excluding hydrogens is 255 g/mol. The van der Waals surface area contributed by atoms with Gasteiger partial charge in [-0.25, -0.2) is 4.39 Å². The van der Waals surface area contributed by atoms with Crippen LogP contribution in [0.4, 0.5) is 21.5 Å². The van der Waals surface area contributed by atoms with Crippen LogP contribution in [0.5, 0.6) is 5.75 Å². The molecule has 0 heterocycles. The lowest BCUT2D eigenvalue weighted by Crippen LogP contribution is -2.08. The molecule has 2 rings (SSSR count). The zero-order valence-corrected chi connectivity index (χ0v) is 11.9. The van der Waals surface area contributed by atoms with Crippen molar-refractivity contribution in [3.63, 3.8) is 0 Å². The highest BCUT2D eigenvalue weighted by atomic mass is 19.1. The smallest absolute Gasteiger partial charge is 0.167 e. The highest BCUT2D eigenvalue weighted by Crippen LogP contribution is 2.31. The maximum absolute atomic E-state index is 13.8. The van der Waals surface area contributed by atoms with Gasteiger partial charge in [-0.3, -0.25) is 0 Å². The molecule has 0 fully saturated rings. The fourth-order valence-electron chi connectivity index (χ4n) is 1.90. The Labute approximate surface area is 118 Å². The second-order valence-electron chi connectivity index (χ2n) is 5.03. The SMILES string of the molecule is Cc1cccc(Nc2cc(OC(C)C)c(F)cc2N)c1. The van der Waals surface area contributed by atoms with E-state index in [0.717, 1.165) is 11.3 Å². The van der Waals surface area contributed by atoms with E-state index in [4.69, 9.17) is 10.5 Å². The van der Waals surface area contributed by atoms with Crippen LogP contribution in [0.2, 0.25) is 0 Å². The molecule has 0 atom stereocenters. The fraction of sp³-hybridized carbons (Fsp3) is 0.250. The third kappa shape index (κ3) is 3.41. The molecule has 0 saturated carbocycles. The minimum atomic E-state index is -0.453. The number of halogens is 1. The third-order valence-corrected chi connectivity index (χ3v) is 2.76. The van der Waals surface area contributed by atoms with Crippen molar-refractivity contribution in [2.75, 3.05) is 11.1 Å². The van der Waals surface area contributed by atoms with E-state index in [1.165, 1.54) is 6.07 Å². The first-order chi connectivity index (χ1) is 9.45. The van der Waals surface area contributed by atoms with Crippen molar-refractivity contribution in [1.29, 1.82) is 0 Å². The van der Waals surface area contributed by atoms with Crippen molar-refractivity contribution in [2.45, 2.75) is 26.9 Å². The Bertz CT molecular complexity index is 611. The molecule has 0 aromatic heterocycles. The molecule has 3 N–H and O–H groups in total. The molecule has 20 heavy (non-hydrogen) atoms. The second-order valence-corrected chi connectivity index (χ2v) is 5.03. The zero-order valence-electron chi connectivity index (χ0n) is 11.9. The Kier molecular flexibility index (Phi) is 4.13. The lowest BCUT2D eigenvalue weighted by atomic mass is 10.2. The molecule has 4 heteroatoms. The zero-order chi connectivity index (χ0) is 14.7. The largest absolute Gasteiger partial charge is 0.488 e. The molecule has 0 spiro atoms. The van der Waals surface area contributed by atoms with E-state index in [1.54, 1.807) is 6.07 Å². The topological polar surface area (TPSA) is 47.3 Å². The predicted molar refractivity (Wildman–Crippen MR) is 81.0 cm³/mol. The summed E-state index contributed by atoms with van der Waals surface area (Å²) < 4.78 is 19.2. The van der Waals surface area contributed by atoms with E-state index in [2.05, 4.69) is 5.32 Å². The molecule has 0 saturated heterocycles. The maximum atomic E-state index is 13.8. The van der Waals surface area contributed by atoms with E-state index in [9.17, 15) is 4.39 Å². The standard InChI is InChI=1S/C16H19FN2O/c1-10(2)20-16-9-15(14(18)8-13(16)17)19-12-6-4-5-11(3)7-12/h4-10,19H,18H2,1-3H3. The Hall–Kier alpha value is -2.23. The number of rotatable bonds is 4. The van der Waals surface area contributed by atoms with Crippen LogP contribution in [0.25, 0.3) is 0 Å². The van der Waals surface area contributed by atoms with Gasteiger partial charge < -0.3 is 15.8 Å². The number of aryl methyl sites for hydroxylation is 1. The minimum Gasteiger partial charge on any atom is -0.488 e. The van der Waals surface area contributed by atoms with E-state index in [-0.39, 0.29) is 11.9 Å². The molecule has 106 valence electrons. The van der Waals surface area contributed by atoms with Gasteiger partial charge in [-0.05, 0) is 38.5 Å². The normalized spacial score (nSPS) is 10.7. The summed E-state index contributed by atoms with van der Waals surface area (Å²) in [6, 6.07) is 10.7. The van der Waals surface area contributed by atoms with Gasteiger partial charge in [0, 0.05) is 17.8 Å². The predicted octanol–water partition coefficient (Wildman–Crippen LogP) is 4.25. The van der Waals surface area contributed by atoms with Gasteiger partial charge in [0.15, 0.2) is 11.6 Å². The highest BCUT2D eigenvalue weighted by Gasteiger charge is 2.10. The van der Waals surface area contributed by atoms with Crippen molar-refractivity contribution in [3.8, 4) is 5.75 Å². The first-order valence-corrected chi connectivity index (χ1v) is 6.55. The van der Waals surface area contributed by atoms with E-state index in [1.807, 2.05) is 45.0 Å². The first-order valence-electron chi connectivity index (χ1n) is 6.55. The van der Waals surface area contributed by atoms with Crippen LogP contribution in [0.3, 0.4) is 0 Å². The van der Waals surface area contributed by atoms with Gasteiger partial charge >= 0.3 is 0 Å². The lowest BCUT2D eigenvalue weighted by molar-refractivity contribution is 0.231. The minimum absolute atomic E-state index is 0.0973. The van der Waals surface area contributed by atoms with Crippen LogP contribution < -0.4 is 15.8 Å². The molecule has 3 nitrogen and oxygen atoms in total. The van der Waals surface area contributed by atoms with Crippen LogP contribution in [0.15, 0.2) is 36.4 Å². The molecule has 0 aliphatic heterocycles. The van der Waals surface area contributed by atoms with Crippen LogP contribution in [0, 0.1) is 12.7 Å². The van der Waals surface area contributed by atoms with Crippen molar-refractivity contribution < 1.29 is 9.13 Å². The van der Waals surface area contributed by atoms with Crippen molar-refractivity contribution in [1.82, 2.24) is 0 Å². The lowest BCUT2D eigenvalue weighted by Gasteiger charge is -2.15. The van der Waals surface area contributed by atoms with Crippen LogP contribution >= 0.6 is 0 Å². The monoisotopic (exact) mass is 274 g/mol. The average molecular weight is 274 g/mol. The molecule has 0 unspecified atom stereocenters. The summed E-state index contributed by atoms with van der Waals surface area (Å²) in [5.74, 6) is -0.254. The van der Waals surface area contributed by atoms with Crippen molar-refractivity contribution >= 4 is 17.1 Å². The number of ether oxygens (including phenoxy) is 1. The number of nitrogens with two attached hydrogens (primary N) is 1. The first kappa shape index (κ1) is 14.2. The average Bonchev–Trinajstić information content (AvgIpc) is 2.34. The van der Waals surface area contributed by atoms with Gasteiger partial charge in [0.05, 0.1) is 17.5 Å². The number of hydrogen-bond acceptors (Lipinski definition) is 3. The Morgan fingerprint density at radius 2 is 1.95 bits per heavy atom. The summed E-state index contributed by atoms with van der Waals surface area (Å²) >= 11 is 0. The van der Waals surface area contributed by atoms with Gasteiger partial charge in [-0.1, -0.05) is 12.1 Å². The highest BCUT2D eigenvalue weighted by molar-refractivity contribution is 5.74. The van der Waals surface area contributed by atoms with Gasteiger partial charge in [0.25, 0.3) is 0 Å². The molecule has 2 aromatic carbocycles. The van der Waals surface area contributed by atoms with Crippen molar-refractivity contribution in [3.05, 3.63) is 47.8 Å². The number of benzene rings is 2. The molecule has 0 radical (unpaired) electrons. The molecular formula is C16H19FN2O. The van der Waals surface area contributed by atoms with Gasteiger partial charge in [0.2, 0.25) is 0 Å². The summed E-state index contributed by atoms with van der Waals surface area (Å²) in [5.41, 5.74) is 8.86. The van der Waals surface area contributed by atoms with Crippen molar-refractivity contribution in [2.24, 2.45) is 0 Å². The second kappa shape index (κ2) is 5.82. The summed E-state index contributed by atoms with van der Waals surface area (Å²) in [6.07, 6.45) is -0.0973. The molecule has 0 bridgehead atoms. The fourth-order valence-corrected chi connectivity index (χ4v) is 1.90. The van der Waals surface area contributed by atoms with Crippen LogP contribution in [-0.4, -0.2) is 6.10 Å². The van der Waals surface area contributed by atoms with Crippen LogP contribution in [0.1, 0.15) is 19.4 Å². The quantitative estimate of drug-likeness (QED) is 0.819. The third-order valence-electron chi connectivity index (χ3n) is 2.76. The van der Waals surface area contributed by atoms with Crippen LogP contribution in [-0.2, 0) is 0 Å². The van der Waals surface area contributed by atoms with E-state index < -0.39 is 5.82 Å². The van der Waals surface area contributed by atoms with E-state index >= 15 is 0 Å². The molecule has 0 aliphatic carbocycles. The number of hydrogen-bond donors (Lipinski definition) is 2. The Morgan fingerprint density at radius 3 is 2.60 bits per heavy atom. The summed E-state index contributed by atoms with van der Waals surface area (Å²) in [5, 5.41) is 3.18. The molecule has 2 aromatic rings.